The van der Waals surface area contributed by atoms with Crippen molar-refractivity contribution in [3.05, 3.63) is 131 Å². The summed E-state index contributed by atoms with van der Waals surface area (Å²) in [5.74, 6) is -6.12. The van der Waals surface area contributed by atoms with Crippen LogP contribution in [0.25, 0.3) is 11.3 Å². The minimum absolute atomic E-state index is 0.00196. The van der Waals surface area contributed by atoms with Gasteiger partial charge in [0, 0.05) is 54.0 Å². The van der Waals surface area contributed by atoms with Gasteiger partial charge in [0.25, 0.3) is 17.7 Å². The van der Waals surface area contributed by atoms with Crippen LogP contribution in [0.15, 0.2) is 97.2 Å². The Morgan fingerprint density at radius 2 is 1.73 bits per heavy atom. The number of carbonyl (C=O) groups is 2. The Labute approximate surface area is 275 Å². The van der Waals surface area contributed by atoms with E-state index in [4.69, 9.17) is 0 Å². The summed E-state index contributed by atoms with van der Waals surface area (Å²) in [4.78, 5) is 33.5. The smallest absolute Gasteiger partial charge is 0.290 e. The van der Waals surface area contributed by atoms with E-state index in [1.54, 1.807) is 18.2 Å². The first-order valence-electron chi connectivity index (χ1n) is 15.5. The summed E-state index contributed by atoms with van der Waals surface area (Å²) < 4.78 is 46.2. The van der Waals surface area contributed by atoms with Crippen LogP contribution in [-0.2, 0) is 12.3 Å². The van der Waals surface area contributed by atoms with Crippen molar-refractivity contribution in [2.45, 2.75) is 44.1 Å². The molecule has 5 N–H and O–H groups in total. The highest BCUT2D eigenvalue weighted by atomic mass is 19.3. The molecule has 2 amide bonds. The third-order valence-corrected chi connectivity index (χ3v) is 8.34. The number of pyridine rings is 1. The number of para-hydroxylation sites is 2. The van der Waals surface area contributed by atoms with Crippen LogP contribution in [-0.4, -0.2) is 39.0 Å². The predicted molar refractivity (Wildman–Crippen MR) is 177 cm³/mol. The maximum Gasteiger partial charge on any atom is 0.290 e. The van der Waals surface area contributed by atoms with E-state index in [-0.39, 0.29) is 23.8 Å². The van der Waals surface area contributed by atoms with Gasteiger partial charge in [-0.15, -0.1) is 0 Å². The molecular formula is C37H34F3N5O3. The van der Waals surface area contributed by atoms with Crippen LogP contribution in [0.4, 0.5) is 24.5 Å². The largest absolute Gasteiger partial charge is 0.507 e. The van der Waals surface area contributed by atoms with Gasteiger partial charge in [0.15, 0.2) is 0 Å². The van der Waals surface area contributed by atoms with Gasteiger partial charge in [-0.1, -0.05) is 42.5 Å². The fraction of sp³-hybridized carbons (Fsp3) is 0.216. The molecule has 3 aromatic carbocycles. The van der Waals surface area contributed by atoms with Gasteiger partial charge in [0.1, 0.15) is 17.3 Å². The van der Waals surface area contributed by atoms with E-state index in [0.717, 1.165) is 0 Å². The topological polar surface area (TPSA) is 119 Å². The molecule has 0 aliphatic carbocycles. The molecule has 48 heavy (non-hydrogen) atoms. The number of fused-ring (bicyclic) bond motifs is 1. The Morgan fingerprint density at radius 3 is 2.46 bits per heavy atom. The number of phenols is 1. The molecule has 3 heterocycles. The van der Waals surface area contributed by atoms with Gasteiger partial charge in [-0.05, 0) is 67.9 Å². The van der Waals surface area contributed by atoms with Crippen molar-refractivity contribution >= 4 is 23.2 Å². The molecule has 1 atom stereocenters. The minimum atomic E-state index is -3.49. The predicted octanol–water partition coefficient (Wildman–Crippen LogP) is 7.43. The molecule has 0 spiro atoms. The molecule has 0 bridgehead atoms. The molecule has 1 aliphatic heterocycles. The lowest BCUT2D eigenvalue weighted by Crippen LogP contribution is -2.49. The zero-order valence-electron chi connectivity index (χ0n) is 26.3. The second kappa shape index (κ2) is 12.9. The van der Waals surface area contributed by atoms with Crippen molar-refractivity contribution in [3.8, 4) is 17.0 Å². The zero-order chi connectivity index (χ0) is 34.1. The molecule has 246 valence electrons. The number of amides is 2. The first-order chi connectivity index (χ1) is 22.9. The standard InChI is InChI=1S/C37H34F3N5O3/c1-36(2)20-28-31(35(48)45-36)33(43-26-8-4-3-5-9-26)32(44-28)23-16-17-41-30(18-23)37(39,40)19-24(22-12-14-25(38)15-13-22)21-42-34(47)27-10-6-7-11-29(27)46/h3-18,24,43-44,46H,19-21H2,1-2H3,(H,42,47)(H,45,48)/t24-/m0/s1. The summed E-state index contributed by atoms with van der Waals surface area (Å²) in [5, 5.41) is 19.0. The Kier molecular flexibility index (Phi) is 8.70. The number of rotatable bonds is 10. The molecular weight excluding hydrogens is 619 g/mol. The Hall–Kier alpha value is -5.58. The second-order valence-electron chi connectivity index (χ2n) is 12.5. The number of aromatic amines is 1. The lowest BCUT2D eigenvalue weighted by molar-refractivity contribution is -0.0245. The van der Waals surface area contributed by atoms with Crippen LogP contribution in [0.1, 0.15) is 63.9 Å². The van der Waals surface area contributed by atoms with E-state index in [1.807, 2.05) is 44.2 Å². The van der Waals surface area contributed by atoms with Gasteiger partial charge in [-0.2, -0.15) is 8.78 Å². The van der Waals surface area contributed by atoms with Crippen LogP contribution in [0.2, 0.25) is 0 Å². The molecule has 11 heteroatoms. The molecule has 0 unspecified atom stereocenters. The Balaban J connectivity index is 1.33. The van der Waals surface area contributed by atoms with Gasteiger partial charge < -0.3 is 26.0 Å². The number of H-pyrrole nitrogens is 1. The average molecular weight is 654 g/mol. The Bertz CT molecular complexity index is 1960. The first-order valence-corrected chi connectivity index (χ1v) is 15.5. The van der Waals surface area contributed by atoms with Gasteiger partial charge in [-0.25, -0.2) is 4.39 Å². The number of carbonyl (C=O) groups excluding carboxylic acids is 2. The van der Waals surface area contributed by atoms with E-state index >= 15 is 8.78 Å². The average Bonchev–Trinajstić information content (AvgIpc) is 3.41. The highest BCUT2D eigenvalue weighted by Gasteiger charge is 2.39. The first kappa shape index (κ1) is 32.4. The third kappa shape index (κ3) is 6.90. The van der Waals surface area contributed by atoms with Crippen molar-refractivity contribution in [2.24, 2.45) is 0 Å². The summed E-state index contributed by atoms with van der Waals surface area (Å²) in [5.41, 5.74) is 2.48. The number of nitrogens with one attached hydrogen (secondary N) is 4. The van der Waals surface area contributed by atoms with Gasteiger partial charge in [0.05, 0.1) is 22.5 Å². The van der Waals surface area contributed by atoms with Gasteiger partial charge >= 0.3 is 0 Å². The van der Waals surface area contributed by atoms with Crippen LogP contribution < -0.4 is 16.0 Å². The summed E-state index contributed by atoms with van der Waals surface area (Å²) in [6, 6.07) is 23.2. The molecule has 0 radical (unpaired) electrons. The monoisotopic (exact) mass is 653 g/mol. The second-order valence-corrected chi connectivity index (χ2v) is 12.5. The highest BCUT2D eigenvalue weighted by Crippen LogP contribution is 2.42. The van der Waals surface area contributed by atoms with Crippen molar-refractivity contribution in [3.63, 3.8) is 0 Å². The minimum Gasteiger partial charge on any atom is -0.507 e. The molecule has 2 aromatic heterocycles. The van der Waals surface area contributed by atoms with Crippen molar-refractivity contribution in [1.82, 2.24) is 20.6 Å². The maximum absolute atomic E-state index is 16.2. The number of hydrogen-bond donors (Lipinski definition) is 5. The van der Waals surface area contributed by atoms with Crippen LogP contribution in [0.5, 0.6) is 5.75 Å². The molecule has 0 fully saturated rings. The number of anilines is 2. The van der Waals surface area contributed by atoms with E-state index in [1.165, 1.54) is 48.7 Å². The SMILES string of the molecule is CC1(C)Cc2[nH]c(-c3ccnc(C(F)(F)C[C@@H](CNC(=O)c4ccccc4O)c4ccc(F)cc4)c3)c(Nc3ccccc3)c2C(=O)N1. The summed E-state index contributed by atoms with van der Waals surface area (Å²) in [7, 11) is 0. The molecule has 8 nitrogen and oxygen atoms in total. The maximum atomic E-state index is 16.2. The van der Waals surface area contributed by atoms with Crippen LogP contribution in [0, 0.1) is 5.82 Å². The van der Waals surface area contributed by atoms with Gasteiger partial charge in [0.2, 0.25) is 0 Å². The molecule has 1 aliphatic rings. The van der Waals surface area contributed by atoms with E-state index < -0.39 is 41.2 Å². The van der Waals surface area contributed by atoms with Crippen LogP contribution >= 0.6 is 0 Å². The summed E-state index contributed by atoms with van der Waals surface area (Å²) >= 11 is 0. The van der Waals surface area contributed by atoms with Crippen molar-refractivity contribution in [1.29, 1.82) is 0 Å². The molecule has 0 saturated carbocycles. The number of halogens is 3. The summed E-state index contributed by atoms with van der Waals surface area (Å²) in [6.45, 7) is 3.60. The van der Waals surface area contributed by atoms with E-state index in [9.17, 15) is 19.1 Å². The van der Waals surface area contributed by atoms with Crippen molar-refractivity contribution in [2.75, 3.05) is 11.9 Å². The number of nitrogens with zero attached hydrogens (tertiary/aromatic N) is 1. The molecule has 5 aromatic rings. The number of phenolic OH excluding ortho intramolecular Hbond substituents is 1. The highest BCUT2D eigenvalue weighted by molar-refractivity contribution is 6.06. The summed E-state index contributed by atoms with van der Waals surface area (Å²) in [6.07, 6.45) is 1.03. The van der Waals surface area contributed by atoms with Crippen molar-refractivity contribution < 1.29 is 27.9 Å². The lowest BCUT2D eigenvalue weighted by Gasteiger charge is -2.30. The fourth-order valence-corrected chi connectivity index (χ4v) is 6.02. The fourth-order valence-electron chi connectivity index (χ4n) is 6.02. The molecule has 0 saturated heterocycles. The molecule has 6 rings (SSSR count). The normalized spacial score (nSPS) is 14.5. The quantitative estimate of drug-likeness (QED) is 0.108. The van der Waals surface area contributed by atoms with E-state index in [0.29, 0.717) is 45.9 Å². The number of aromatic hydroxyl groups is 1. The number of aromatic nitrogens is 2. The zero-order valence-corrected chi connectivity index (χ0v) is 26.3. The Morgan fingerprint density at radius 1 is 1.02 bits per heavy atom. The number of alkyl halides is 2. The number of benzene rings is 3. The van der Waals surface area contributed by atoms with Crippen LogP contribution in [0.3, 0.4) is 0 Å². The van der Waals surface area contributed by atoms with E-state index in [2.05, 4.69) is 25.9 Å². The number of hydrogen-bond acceptors (Lipinski definition) is 5. The third-order valence-electron chi connectivity index (χ3n) is 8.34. The lowest BCUT2D eigenvalue weighted by atomic mass is 9.90. The van der Waals surface area contributed by atoms with Gasteiger partial charge in [-0.3, -0.25) is 14.6 Å².